The second-order valence-electron chi connectivity index (χ2n) is 12.0. The van der Waals surface area contributed by atoms with E-state index in [9.17, 15) is 4.79 Å². The number of carbonyl (C=O) groups excluding carboxylic acids is 1. The van der Waals surface area contributed by atoms with Crippen LogP contribution >= 0.6 is 23.2 Å². The fraction of sp³-hybridized carbons (Fsp3) is 0.314. The van der Waals surface area contributed by atoms with Crippen LogP contribution in [0.4, 0.5) is 0 Å². The minimum absolute atomic E-state index is 0.00484. The van der Waals surface area contributed by atoms with E-state index < -0.39 is 0 Å². The third-order valence-electron chi connectivity index (χ3n) is 8.55. The predicted octanol–water partition coefficient (Wildman–Crippen LogP) is 7.02. The molecule has 1 atom stereocenters. The molecule has 1 fully saturated rings. The van der Waals surface area contributed by atoms with Gasteiger partial charge in [0.15, 0.2) is 0 Å². The normalized spacial score (nSPS) is 15.2. The van der Waals surface area contributed by atoms with Crippen LogP contribution in [0.15, 0.2) is 79.0 Å². The number of hydrogen-bond acceptors (Lipinski definition) is 4. The number of amides is 1. The van der Waals surface area contributed by atoms with E-state index in [2.05, 4.69) is 35.9 Å². The number of hydrogen-bond donors (Lipinski definition) is 1. The molecule has 5 aromatic rings. The van der Waals surface area contributed by atoms with Crippen LogP contribution in [0.25, 0.3) is 27.8 Å². The molecule has 9 heteroatoms. The Morgan fingerprint density at radius 2 is 1.73 bits per heavy atom. The number of H-pyrrole nitrogens is 1. The zero-order chi connectivity index (χ0) is 30.8. The second-order valence-corrected chi connectivity index (χ2v) is 12.8. The van der Waals surface area contributed by atoms with Gasteiger partial charge in [-0.2, -0.15) is 5.10 Å². The molecule has 1 aliphatic heterocycles. The zero-order valence-corrected chi connectivity index (χ0v) is 26.9. The average Bonchev–Trinajstić information content (AvgIpc) is 3.75. The first-order valence-corrected chi connectivity index (χ1v) is 15.9. The van der Waals surface area contributed by atoms with Crippen LogP contribution in [0.5, 0.6) is 0 Å². The van der Waals surface area contributed by atoms with Gasteiger partial charge in [0.2, 0.25) is 0 Å². The summed E-state index contributed by atoms with van der Waals surface area (Å²) in [7, 11) is 6.38. The molecule has 1 saturated heterocycles. The Bertz CT molecular complexity index is 1740. The molecule has 0 saturated carbocycles. The van der Waals surface area contributed by atoms with E-state index in [4.69, 9.17) is 28.3 Å². The van der Waals surface area contributed by atoms with Crippen molar-refractivity contribution in [3.8, 4) is 16.9 Å². The number of carbonyl (C=O) groups is 1. The lowest BCUT2D eigenvalue weighted by molar-refractivity contribution is 0.0776. The quantitative estimate of drug-likeness (QED) is 0.181. The first-order chi connectivity index (χ1) is 21.3. The van der Waals surface area contributed by atoms with E-state index in [1.165, 1.54) is 0 Å². The van der Waals surface area contributed by atoms with E-state index in [0.29, 0.717) is 41.3 Å². The van der Waals surface area contributed by atoms with Gasteiger partial charge in [-0.15, -0.1) is 0 Å². The number of likely N-dealkylation sites (tertiary alicyclic amines) is 1. The van der Waals surface area contributed by atoms with Crippen molar-refractivity contribution in [1.29, 1.82) is 0 Å². The minimum Gasteiger partial charge on any atom is -0.350 e. The molecule has 6 rings (SSSR count). The Morgan fingerprint density at radius 1 is 0.977 bits per heavy atom. The van der Waals surface area contributed by atoms with Crippen LogP contribution < -0.4 is 0 Å². The number of likely N-dealkylation sites (N-methyl/N-ethyl adjacent to an activating group) is 1. The molecule has 0 bridgehead atoms. The largest absolute Gasteiger partial charge is 0.350 e. The number of nitrogens with one attached hydrogen (secondary N) is 1. The topological polar surface area (TPSA) is 60.4 Å². The average molecular weight is 630 g/mol. The zero-order valence-electron chi connectivity index (χ0n) is 25.4. The molecule has 0 aliphatic carbocycles. The van der Waals surface area contributed by atoms with Gasteiger partial charge in [0.25, 0.3) is 5.91 Å². The van der Waals surface area contributed by atoms with Crippen molar-refractivity contribution in [3.63, 3.8) is 0 Å². The predicted molar refractivity (Wildman–Crippen MR) is 180 cm³/mol. The minimum atomic E-state index is -0.00484. The molecular weight excluding hydrogens is 591 g/mol. The molecule has 1 aliphatic rings. The van der Waals surface area contributed by atoms with Crippen molar-refractivity contribution >= 4 is 40.0 Å². The summed E-state index contributed by atoms with van der Waals surface area (Å²) in [6.07, 6.45) is 4.60. The summed E-state index contributed by atoms with van der Waals surface area (Å²) in [5.74, 6) is -0.00484. The fourth-order valence-electron chi connectivity index (χ4n) is 6.20. The second kappa shape index (κ2) is 13.2. The molecule has 2 aromatic heterocycles. The smallest absolute Gasteiger partial charge is 0.271 e. The van der Waals surface area contributed by atoms with E-state index in [1.54, 1.807) is 0 Å². The Balaban J connectivity index is 1.42. The van der Waals surface area contributed by atoms with Crippen molar-refractivity contribution in [2.75, 3.05) is 47.3 Å². The Morgan fingerprint density at radius 3 is 2.48 bits per heavy atom. The number of aromatic nitrogens is 3. The fourth-order valence-corrected chi connectivity index (χ4v) is 6.50. The van der Waals surface area contributed by atoms with Gasteiger partial charge in [-0.3, -0.25) is 4.79 Å². The first-order valence-electron chi connectivity index (χ1n) is 15.1. The van der Waals surface area contributed by atoms with Gasteiger partial charge in [0.1, 0.15) is 5.69 Å². The number of aromatic amines is 1. The maximum Gasteiger partial charge on any atom is 0.271 e. The van der Waals surface area contributed by atoms with Crippen molar-refractivity contribution in [2.45, 2.75) is 25.3 Å². The highest BCUT2D eigenvalue weighted by Gasteiger charge is 2.33. The monoisotopic (exact) mass is 628 g/mol. The SMILES string of the molecule is CN(C)CCCN(C)[C@@H]1CCN(C(=O)c2[nH]c3cc(Cl)ccc3c2-c2c(Cc3ccc(Cl)cc3)cnn2-c2ccccc2)C1. The highest BCUT2D eigenvalue weighted by atomic mass is 35.5. The number of para-hydroxylation sites is 1. The highest BCUT2D eigenvalue weighted by molar-refractivity contribution is 6.31. The number of fused-ring (bicyclic) bond motifs is 1. The van der Waals surface area contributed by atoms with Crippen molar-refractivity contribution in [3.05, 3.63) is 106 Å². The van der Waals surface area contributed by atoms with Crippen LogP contribution in [0.1, 0.15) is 34.5 Å². The van der Waals surface area contributed by atoms with Gasteiger partial charge in [0.05, 0.1) is 17.6 Å². The Labute approximate surface area is 269 Å². The van der Waals surface area contributed by atoms with Crippen LogP contribution in [0.3, 0.4) is 0 Å². The van der Waals surface area contributed by atoms with Gasteiger partial charge >= 0.3 is 0 Å². The third-order valence-corrected chi connectivity index (χ3v) is 9.04. The van der Waals surface area contributed by atoms with Gasteiger partial charge < -0.3 is 19.7 Å². The molecule has 0 spiro atoms. The molecule has 0 unspecified atom stereocenters. The summed E-state index contributed by atoms with van der Waals surface area (Å²) < 4.78 is 1.95. The molecule has 1 N–H and O–H groups in total. The number of benzene rings is 3. The Hall–Kier alpha value is -3.62. The van der Waals surface area contributed by atoms with Gasteiger partial charge in [0, 0.05) is 57.6 Å². The summed E-state index contributed by atoms with van der Waals surface area (Å²) in [5.41, 5.74) is 6.17. The van der Waals surface area contributed by atoms with Crippen LogP contribution in [0, 0.1) is 0 Å². The van der Waals surface area contributed by atoms with Crippen molar-refractivity contribution < 1.29 is 4.79 Å². The number of nitrogens with zero attached hydrogens (tertiary/aromatic N) is 5. The third kappa shape index (κ3) is 6.42. The summed E-state index contributed by atoms with van der Waals surface area (Å²) in [4.78, 5) is 24.5. The van der Waals surface area contributed by atoms with E-state index in [0.717, 1.165) is 64.9 Å². The molecule has 44 heavy (non-hydrogen) atoms. The maximum absolute atomic E-state index is 14.4. The molecule has 1 amide bonds. The molecule has 7 nitrogen and oxygen atoms in total. The summed E-state index contributed by atoms with van der Waals surface area (Å²) in [6, 6.07) is 24.0. The summed E-state index contributed by atoms with van der Waals surface area (Å²) in [5, 5.41) is 7.12. The molecule has 0 radical (unpaired) electrons. The first kappa shape index (κ1) is 30.4. The van der Waals surface area contributed by atoms with Crippen molar-refractivity contribution in [1.82, 2.24) is 29.5 Å². The maximum atomic E-state index is 14.4. The summed E-state index contributed by atoms with van der Waals surface area (Å²) >= 11 is 12.6. The van der Waals surface area contributed by atoms with Gasteiger partial charge in [-0.05, 0) is 89.0 Å². The van der Waals surface area contributed by atoms with Gasteiger partial charge in [-0.25, -0.2) is 4.68 Å². The van der Waals surface area contributed by atoms with E-state index in [-0.39, 0.29) is 5.91 Å². The molecular formula is C35H38Cl2N6O. The van der Waals surface area contributed by atoms with Crippen LogP contribution in [0.2, 0.25) is 10.0 Å². The lowest BCUT2D eigenvalue weighted by Gasteiger charge is -2.25. The molecule has 228 valence electrons. The number of rotatable bonds is 10. The van der Waals surface area contributed by atoms with Crippen LogP contribution in [-0.2, 0) is 6.42 Å². The lowest BCUT2D eigenvalue weighted by atomic mass is 9.98. The van der Waals surface area contributed by atoms with Gasteiger partial charge in [-0.1, -0.05) is 59.6 Å². The molecule has 3 aromatic carbocycles. The standard InChI is InChI=1S/C35H38Cl2N6O/c1-40(2)17-7-18-41(3)29-16-19-42(23-29)35(44)33-32(30-15-14-27(37)21-31(30)39-33)34-25(20-24-10-12-26(36)13-11-24)22-38-43(34)28-8-5-4-6-9-28/h4-6,8-15,21-22,29,39H,7,16-20,23H2,1-3H3/t29-/m1/s1. The Kier molecular flexibility index (Phi) is 9.10. The van der Waals surface area contributed by atoms with E-state index >= 15 is 0 Å². The van der Waals surface area contributed by atoms with Crippen LogP contribution in [-0.4, -0.2) is 88.7 Å². The molecule has 3 heterocycles. The highest BCUT2D eigenvalue weighted by Crippen LogP contribution is 2.39. The summed E-state index contributed by atoms with van der Waals surface area (Å²) in [6.45, 7) is 3.47. The van der Waals surface area contributed by atoms with Crippen molar-refractivity contribution in [2.24, 2.45) is 0 Å². The lowest BCUT2D eigenvalue weighted by Crippen LogP contribution is -2.37. The van der Waals surface area contributed by atoms with E-state index in [1.807, 2.05) is 88.6 Å². The number of halogens is 2.